The molecule has 0 aliphatic heterocycles. The lowest BCUT2D eigenvalue weighted by Gasteiger charge is -1.97. The Morgan fingerprint density at radius 2 is 2.17 bits per heavy atom. The van der Waals surface area contributed by atoms with Gasteiger partial charge >= 0.3 is 0 Å². The van der Waals surface area contributed by atoms with Crippen molar-refractivity contribution in [1.29, 1.82) is 5.26 Å². The lowest BCUT2D eigenvalue weighted by atomic mass is 10.1. The van der Waals surface area contributed by atoms with Crippen LogP contribution in [0.5, 0.6) is 0 Å². The molecule has 2 aromatic rings. The van der Waals surface area contributed by atoms with E-state index in [4.69, 9.17) is 11.0 Å². The van der Waals surface area contributed by atoms with E-state index in [1.807, 2.05) is 17.5 Å². The minimum atomic E-state index is 0.560. The minimum absolute atomic E-state index is 0.560. The predicted molar refractivity (Wildman–Crippen MR) is 51.0 cm³/mol. The van der Waals surface area contributed by atoms with Gasteiger partial charge in [-0.15, -0.1) is 11.3 Å². The average Bonchev–Trinajstić information content (AvgIpc) is 2.53. The average molecular weight is 174 g/mol. The molecule has 0 amide bonds. The molecule has 0 fully saturated rings. The first-order chi connectivity index (χ1) is 5.83. The van der Waals surface area contributed by atoms with E-state index in [0.717, 1.165) is 10.1 Å². The van der Waals surface area contributed by atoms with Gasteiger partial charge in [0.2, 0.25) is 0 Å². The van der Waals surface area contributed by atoms with Gasteiger partial charge in [0.15, 0.2) is 0 Å². The van der Waals surface area contributed by atoms with E-state index in [1.165, 1.54) is 0 Å². The van der Waals surface area contributed by atoms with E-state index in [2.05, 4.69) is 6.07 Å². The summed E-state index contributed by atoms with van der Waals surface area (Å²) in [5.41, 5.74) is 6.92. The Hall–Kier alpha value is -1.53. The molecule has 0 spiro atoms. The van der Waals surface area contributed by atoms with Crippen LogP contribution in [-0.2, 0) is 0 Å². The molecule has 0 aliphatic carbocycles. The summed E-state index contributed by atoms with van der Waals surface area (Å²) in [7, 11) is 0. The van der Waals surface area contributed by atoms with Crippen molar-refractivity contribution in [3.05, 3.63) is 29.1 Å². The van der Waals surface area contributed by atoms with Crippen LogP contribution in [0.2, 0.25) is 0 Å². The number of nitrogens with zero attached hydrogens (tertiary/aromatic N) is 1. The highest BCUT2D eigenvalue weighted by atomic mass is 32.1. The maximum atomic E-state index is 8.69. The Morgan fingerprint density at radius 3 is 2.92 bits per heavy atom. The Kier molecular flexibility index (Phi) is 1.49. The van der Waals surface area contributed by atoms with Crippen LogP contribution in [0.15, 0.2) is 23.6 Å². The van der Waals surface area contributed by atoms with Gasteiger partial charge in [-0.05, 0) is 22.9 Å². The van der Waals surface area contributed by atoms with Gasteiger partial charge in [-0.2, -0.15) is 5.26 Å². The largest absolute Gasteiger partial charge is 0.396 e. The van der Waals surface area contributed by atoms with E-state index < -0.39 is 0 Å². The summed E-state index contributed by atoms with van der Waals surface area (Å²) in [6.07, 6.45) is 0. The van der Waals surface area contributed by atoms with Crippen molar-refractivity contribution in [1.82, 2.24) is 0 Å². The van der Waals surface area contributed by atoms with Gasteiger partial charge in [0.25, 0.3) is 0 Å². The summed E-state index contributed by atoms with van der Waals surface area (Å²) < 4.78 is 1.01. The van der Waals surface area contributed by atoms with E-state index in [9.17, 15) is 0 Å². The van der Waals surface area contributed by atoms with Crippen LogP contribution in [0.3, 0.4) is 0 Å². The molecule has 2 rings (SSSR count). The highest BCUT2D eigenvalue weighted by Gasteiger charge is 2.03. The quantitative estimate of drug-likeness (QED) is 0.623. The molecule has 1 heterocycles. The molecular formula is C9H6N2S. The van der Waals surface area contributed by atoms with Crippen molar-refractivity contribution in [3.8, 4) is 6.07 Å². The van der Waals surface area contributed by atoms with Crippen LogP contribution in [0.1, 0.15) is 5.56 Å². The highest BCUT2D eigenvalue weighted by Crippen LogP contribution is 2.28. The molecule has 0 saturated carbocycles. The van der Waals surface area contributed by atoms with Gasteiger partial charge in [-0.25, -0.2) is 0 Å². The highest BCUT2D eigenvalue weighted by molar-refractivity contribution is 7.17. The van der Waals surface area contributed by atoms with Gasteiger partial charge in [-0.1, -0.05) is 6.07 Å². The molecule has 0 unspecified atom stereocenters. The standard InChI is InChI=1S/C9H6N2S/c10-5-7-2-1-6-3-4-12-9(6)8(7)11/h1-4H,11H2. The van der Waals surface area contributed by atoms with Gasteiger partial charge in [0.05, 0.1) is 16.0 Å². The molecule has 0 bridgehead atoms. The fourth-order valence-corrected chi connectivity index (χ4v) is 2.01. The molecule has 12 heavy (non-hydrogen) atoms. The van der Waals surface area contributed by atoms with Crippen molar-refractivity contribution < 1.29 is 0 Å². The first-order valence-corrected chi connectivity index (χ1v) is 4.36. The SMILES string of the molecule is N#Cc1ccc2ccsc2c1N. The first kappa shape index (κ1) is 7.14. The van der Waals surface area contributed by atoms with Crippen LogP contribution in [-0.4, -0.2) is 0 Å². The monoisotopic (exact) mass is 174 g/mol. The fraction of sp³-hybridized carbons (Fsp3) is 0. The number of rotatable bonds is 0. The van der Waals surface area contributed by atoms with Crippen LogP contribution in [0.25, 0.3) is 10.1 Å². The third-order valence-electron chi connectivity index (χ3n) is 1.78. The summed E-state index contributed by atoms with van der Waals surface area (Å²) in [4.78, 5) is 0. The van der Waals surface area contributed by atoms with Crippen LogP contribution in [0, 0.1) is 11.3 Å². The Labute approximate surface area is 73.9 Å². The number of benzene rings is 1. The zero-order valence-electron chi connectivity index (χ0n) is 6.24. The van der Waals surface area contributed by atoms with Gasteiger partial charge in [0.1, 0.15) is 6.07 Å². The summed E-state index contributed by atoms with van der Waals surface area (Å²) in [6.45, 7) is 0. The molecule has 0 radical (unpaired) electrons. The van der Waals surface area contributed by atoms with Gasteiger partial charge < -0.3 is 5.73 Å². The predicted octanol–water partition coefficient (Wildman–Crippen LogP) is 2.36. The summed E-state index contributed by atoms with van der Waals surface area (Å²) in [6, 6.07) is 7.73. The number of thiophene rings is 1. The van der Waals surface area contributed by atoms with E-state index in [0.29, 0.717) is 11.3 Å². The van der Waals surface area contributed by atoms with E-state index in [1.54, 1.807) is 17.4 Å². The first-order valence-electron chi connectivity index (χ1n) is 3.48. The zero-order valence-corrected chi connectivity index (χ0v) is 7.06. The van der Waals surface area contributed by atoms with Crippen LogP contribution < -0.4 is 5.73 Å². The topological polar surface area (TPSA) is 49.8 Å². The van der Waals surface area contributed by atoms with E-state index in [-0.39, 0.29) is 0 Å². The van der Waals surface area contributed by atoms with Crippen LogP contribution >= 0.6 is 11.3 Å². The number of fused-ring (bicyclic) bond motifs is 1. The maximum absolute atomic E-state index is 8.69. The molecule has 58 valence electrons. The summed E-state index contributed by atoms with van der Waals surface area (Å²) in [5, 5.41) is 11.8. The number of hydrogen-bond donors (Lipinski definition) is 1. The van der Waals surface area contributed by atoms with E-state index >= 15 is 0 Å². The molecule has 2 nitrogen and oxygen atoms in total. The van der Waals surface area contributed by atoms with Crippen molar-refractivity contribution >= 4 is 27.1 Å². The number of nitrogens with two attached hydrogens (primary N) is 1. The molecule has 0 atom stereocenters. The Bertz CT molecular complexity index is 465. The van der Waals surface area contributed by atoms with Crippen LogP contribution in [0.4, 0.5) is 5.69 Å². The third kappa shape index (κ3) is 0.858. The number of nitrogen functional groups attached to an aromatic ring is 1. The summed E-state index contributed by atoms with van der Waals surface area (Å²) in [5.74, 6) is 0. The number of nitriles is 1. The smallest absolute Gasteiger partial charge is 0.101 e. The van der Waals surface area contributed by atoms with Gasteiger partial charge in [0, 0.05) is 0 Å². The summed E-state index contributed by atoms with van der Waals surface area (Å²) >= 11 is 1.57. The van der Waals surface area contributed by atoms with Gasteiger partial charge in [-0.3, -0.25) is 0 Å². The second kappa shape index (κ2) is 2.50. The maximum Gasteiger partial charge on any atom is 0.101 e. The second-order valence-corrected chi connectivity index (χ2v) is 3.39. The molecule has 1 aromatic heterocycles. The zero-order chi connectivity index (χ0) is 8.55. The van der Waals surface area contributed by atoms with Crippen molar-refractivity contribution in [2.24, 2.45) is 0 Å². The fourth-order valence-electron chi connectivity index (χ4n) is 1.15. The molecule has 1 aromatic carbocycles. The third-order valence-corrected chi connectivity index (χ3v) is 2.74. The number of anilines is 1. The second-order valence-electron chi connectivity index (χ2n) is 2.48. The normalized spacial score (nSPS) is 9.92. The molecule has 0 aliphatic rings. The Balaban J connectivity index is 2.89. The molecule has 3 heteroatoms. The molecular weight excluding hydrogens is 168 g/mol. The van der Waals surface area contributed by atoms with Crippen molar-refractivity contribution in [2.45, 2.75) is 0 Å². The molecule has 0 saturated heterocycles. The lowest BCUT2D eigenvalue weighted by molar-refractivity contribution is 1.50. The Morgan fingerprint density at radius 1 is 1.33 bits per heavy atom. The number of hydrogen-bond acceptors (Lipinski definition) is 3. The molecule has 2 N–H and O–H groups in total. The minimum Gasteiger partial charge on any atom is -0.396 e. The van der Waals surface area contributed by atoms with Crippen molar-refractivity contribution in [3.63, 3.8) is 0 Å². The lowest BCUT2D eigenvalue weighted by Crippen LogP contribution is -1.88. The van der Waals surface area contributed by atoms with Crippen molar-refractivity contribution in [2.75, 3.05) is 5.73 Å².